The Morgan fingerprint density at radius 2 is 1.58 bits per heavy atom. The summed E-state index contributed by atoms with van der Waals surface area (Å²) in [7, 11) is 0. The van der Waals surface area contributed by atoms with Gasteiger partial charge in [0.15, 0.2) is 0 Å². The van der Waals surface area contributed by atoms with E-state index in [2.05, 4.69) is 30.0 Å². The molecule has 0 saturated heterocycles. The molecular formula is C20H30Na2O4. The van der Waals surface area contributed by atoms with E-state index in [1.165, 1.54) is 25.7 Å². The quantitative estimate of drug-likeness (QED) is 0.0600. The first-order valence-corrected chi connectivity index (χ1v) is 8.86. The Kier molecular flexibility index (Phi) is 29.9. The molecule has 0 unspecified atom stereocenters. The van der Waals surface area contributed by atoms with Gasteiger partial charge in [-0.15, -0.1) is 0 Å². The second kappa shape index (κ2) is 25.2. The molecular weight excluding hydrogens is 350 g/mol. The van der Waals surface area contributed by atoms with Gasteiger partial charge in [-0.2, -0.15) is 0 Å². The van der Waals surface area contributed by atoms with Crippen molar-refractivity contribution < 1.29 is 79.2 Å². The zero-order valence-electron chi connectivity index (χ0n) is 16.7. The molecule has 4 nitrogen and oxygen atoms in total. The Morgan fingerprint density at radius 3 is 2.23 bits per heavy atom. The van der Waals surface area contributed by atoms with Crippen LogP contribution in [0.2, 0.25) is 0 Å². The number of unbranched alkanes of at least 4 members (excludes halogenated alkanes) is 4. The topological polar surface area (TPSA) is 72.4 Å². The zero-order valence-corrected chi connectivity index (χ0v) is 20.7. The Hall–Kier alpha value is 0.190. The molecule has 6 heteroatoms. The third-order valence-electron chi connectivity index (χ3n) is 3.44. The average Bonchev–Trinajstić information content (AvgIpc) is 2.57. The maximum Gasteiger partial charge on any atom is 1.00 e. The van der Waals surface area contributed by atoms with Gasteiger partial charge < -0.3 is 20.0 Å². The molecule has 0 aliphatic rings. The fourth-order valence-electron chi connectivity index (χ4n) is 2.08. The number of carbonyl (C=O) groups is 1. The minimum absolute atomic E-state index is 0. The van der Waals surface area contributed by atoms with Crippen molar-refractivity contribution in [2.45, 2.75) is 71.1 Å². The van der Waals surface area contributed by atoms with Crippen molar-refractivity contribution in [3.63, 3.8) is 0 Å². The molecule has 0 radical (unpaired) electrons. The van der Waals surface area contributed by atoms with Gasteiger partial charge in [-0.25, -0.2) is 0 Å². The minimum Gasteiger partial charge on any atom is -0.664 e. The third kappa shape index (κ3) is 24.2. The predicted octanol–water partition coefficient (Wildman–Crippen LogP) is -2.49. The predicted molar refractivity (Wildman–Crippen MR) is 93.4 cm³/mol. The van der Waals surface area contributed by atoms with Crippen LogP contribution in [0.25, 0.3) is 0 Å². The van der Waals surface area contributed by atoms with E-state index in [1.54, 1.807) is 6.08 Å². The molecule has 0 heterocycles. The van der Waals surface area contributed by atoms with Crippen LogP contribution < -0.4 is 69.5 Å². The summed E-state index contributed by atoms with van der Waals surface area (Å²) in [6.07, 6.45) is 22.4. The Bertz CT molecular complexity index is 430. The normalized spacial score (nSPS) is 11.7. The standard InChI is InChI=1S/C20H32O4.2Na/c1-2-3-4-5-6-7-8-9-10-11-12-13-14-16-19(24-23)17-15-18-20(21)22;;/h7-10,12-13,16,23H,2-6,11,14-15,17-18H2,1H3,(H,21,22);;/q;2*+1/p-2. The van der Waals surface area contributed by atoms with Gasteiger partial charge >= 0.3 is 59.1 Å². The van der Waals surface area contributed by atoms with E-state index in [-0.39, 0.29) is 71.3 Å². The summed E-state index contributed by atoms with van der Waals surface area (Å²) in [6.45, 7) is 2.22. The first kappa shape index (κ1) is 30.9. The molecule has 0 bridgehead atoms. The maximum atomic E-state index is 10.5. The number of aliphatic carboxylic acids is 1. The number of carboxylic acids is 1. The molecule has 0 aromatic heterocycles. The Morgan fingerprint density at radius 1 is 0.885 bits per heavy atom. The molecule has 0 aromatic rings. The summed E-state index contributed by atoms with van der Waals surface area (Å²) >= 11 is 0. The maximum absolute atomic E-state index is 10.5. The first-order chi connectivity index (χ1) is 11.7. The van der Waals surface area contributed by atoms with Crippen LogP contribution in [-0.2, 0) is 9.68 Å². The van der Waals surface area contributed by atoms with Crippen LogP contribution in [0.5, 0.6) is 0 Å². The van der Waals surface area contributed by atoms with Gasteiger partial charge in [0, 0.05) is 12.4 Å². The Balaban J connectivity index is -0.00000264. The zero-order chi connectivity index (χ0) is 17.9. The van der Waals surface area contributed by atoms with E-state index < -0.39 is 5.97 Å². The van der Waals surface area contributed by atoms with Gasteiger partial charge in [0.1, 0.15) is 0 Å². The van der Waals surface area contributed by atoms with Crippen molar-refractivity contribution in [2.24, 2.45) is 0 Å². The molecule has 26 heavy (non-hydrogen) atoms. The Labute approximate surface area is 203 Å². The SMILES string of the molecule is CCCCCCC=CC=CCC=CCC=C(CCCC(=O)[O-])O[O-].[Na+].[Na+]. The number of carboxylic acid groups (broad SMARTS) is 1. The van der Waals surface area contributed by atoms with Gasteiger partial charge in [-0.3, -0.25) is 0 Å². The van der Waals surface area contributed by atoms with Crippen molar-refractivity contribution in [1.29, 1.82) is 0 Å². The molecule has 0 spiro atoms. The molecule has 0 saturated carbocycles. The molecule has 0 aliphatic heterocycles. The molecule has 0 aromatic carbocycles. The van der Waals surface area contributed by atoms with Crippen molar-refractivity contribution in [1.82, 2.24) is 0 Å². The van der Waals surface area contributed by atoms with E-state index in [0.29, 0.717) is 19.3 Å². The summed E-state index contributed by atoms with van der Waals surface area (Å²) in [5.41, 5.74) is 0. The third-order valence-corrected chi connectivity index (χ3v) is 3.44. The van der Waals surface area contributed by atoms with E-state index in [4.69, 9.17) is 0 Å². The number of hydrogen-bond acceptors (Lipinski definition) is 4. The second-order valence-corrected chi connectivity index (χ2v) is 5.63. The first-order valence-electron chi connectivity index (χ1n) is 8.86. The van der Waals surface area contributed by atoms with Crippen molar-refractivity contribution in [2.75, 3.05) is 0 Å². The van der Waals surface area contributed by atoms with E-state index in [0.717, 1.165) is 12.8 Å². The monoisotopic (exact) mass is 380 g/mol. The molecule has 0 N–H and O–H groups in total. The molecule has 0 aliphatic carbocycles. The van der Waals surface area contributed by atoms with Crippen LogP contribution in [0, 0.1) is 0 Å². The number of carbonyl (C=O) groups excluding carboxylic acids is 1. The molecule has 0 fully saturated rings. The summed E-state index contributed by atoms with van der Waals surface area (Å²) in [5.74, 6) is -0.829. The van der Waals surface area contributed by atoms with Crippen LogP contribution in [0.15, 0.2) is 48.3 Å². The summed E-state index contributed by atoms with van der Waals surface area (Å²) in [6, 6.07) is 0. The summed E-state index contributed by atoms with van der Waals surface area (Å²) < 4.78 is 0. The van der Waals surface area contributed by atoms with Crippen molar-refractivity contribution in [3.05, 3.63) is 48.3 Å². The van der Waals surface area contributed by atoms with E-state index >= 15 is 0 Å². The summed E-state index contributed by atoms with van der Waals surface area (Å²) in [4.78, 5) is 14.3. The molecule has 0 amide bonds. The number of hydrogen-bond donors (Lipinski definition) is 0. The molecule has 0 atom stereocenters. The fourth-order valence-corrected chi connectivity index (χ4v) is 2.08. The summed E-state index contributed by atoms with van der Waals surface area (Å²) in [5, 5.41) is 20.8. The van der Waals surface area contributed by atoms with E-state index in [1.807, 2.05) is 18.2 Å². The van der Waals surface area contributed by atoms with Crippen molar-refractivity contribution >= 4 is 5.97 Å². The van der Waals surface area contributed by atoms with Gasteiger partial charge in [0.25, 0.3) is 0 Å². The number of allylic oxidation sites excluding steroid dienone is 8. The fraction of sp³-hybridized carbons (Fsp3) is 0.550. The van der Waals surface area contributed by atoms with Crippen LogP contribution in [0.1, 0.15) is 71.1 Å². The average molecular weight is 380 g/mol. The van der Waals surface area contributed by atoms with Gasteiger partial charge in [-0.1, -0.05) is 62.6 Å². The van der Waals surface area contributed by atoms with Crippen LogP contribution in [0.3, 0.4) is 0 Å². The van der Waals surface area contributed by atoms with Crippen LogP contribution in [0.4, 0.5) is 0 Å². The minimum atomic E-state index is -1.11. The van der Waals surface area contributed by atoms with Gasteiger partial charge in [0.05, 0.1) is 5.76 Å². The van der Waals surface area contributed by atoms with Crippen LogP contribution in [-0.4, -0.2) is 5.97 Å². The van der Waals surface area contributed by atoms with E-state index in [9.17, 15) is 15.2 Å². The van der Waals surface area contributed by atoms with Crippen LogP contribution >= 0.6 is 0 Å². The smallest absolute Gasteiger partial charge is 0.664 e. The molecule has 136 valence electrons. The van der Waals surface area contributed by atoms with Gasteiger partial charge in [0.2, 0.25) is 0 Å². The van der Waals surface area contributed by atoms with Crippen molar-refractivity contribution in [3.8, 4) is 0 Å². The number of rotatable bonds is 15. The molecule has 0 rings (SSSR count). The van der Waals surface area contributed by atoms with Gasteiger partial charge in [-0.05, 0) is 44.6 Å². The largest absolute Gasteiger partial charge is 1.00 e. The second-order valence-electron chi connectivity index (χ2n) is 5.63.